The molecule has 9 rings (SSSR count). The van der Waals surface area contributed by atoms with Crippen molar-refractivity contribution in [3.8, 4) is 22.6 Å². The SMILES string of the molecule is [2H]c1c([2H])c([2H])c(-c2c([2H])c([2H])c(N(c3ccc4c(c3)oc3c5ccccc5cc(-c5nc6ccccc6o5)c43)c3c([2H])c([2H])c([2H])c([2H])c3[2H])c([2H])c2[2H])c([2H])c1[2H]. The highest BCUT2D eigenvalue weighted by atomic mass is 16.3. The molecule has 0 aliphatic rings. The zero-order valence-corrected chi connectivity index (χ0v) is 23.1. The molecule has 0 bridgehead atoms. The Morgan fingerprint density at radius 3 is 2.09 bits per heavy atom. The highest BCUT2D eigenvalue weighted by Crippen LogP contribution is 2.44. The molecule has 45 heavy (non-hydrogen) atoms. The topological polar surface area (TPSA) is 42.4 Å². The van der Waals surface area contributed by atoms with E-state index in [-0.39, 0.29) is 11.3 Å². The predicted octanol–water partition coefficient (Wildman–Crippen LogP) is 11.7. The Morgan fingerprint density at radius 1 is 0.556 bits per heavy atom. The van der Waals surface area contributed by atoms with Gasteiger partial charge in [-0.2, -0.15) is 0 Å². The van der Waals surface area contributed by atoms with Crippen LogP contribution in [-0.2, 0) is 0 Å². The predicted molar refractivity (Wildman–Crippen MR) is 184 cm³/mol. The van der Waals surface area contributed by atoms with Crippen LogP contribution in [0.25, 0.3) is 66.4 Å². The molecule has 9 aromatic rings. The van der Waals surface area contributed by atoms with Gasteiger partial charge in [-0.1, -0.05) is 96.8 Å². The van der Waals surface area contributed by atoms with Gasteiger partial charge in [0.1, 0.15) is 16.7 Å². The summed E-state index contributed by atoms with van der Waals surface area (Å²) in [6.07, 6.45) is 0. The van der Waals surface area contributed by atoms with Crippen LogP contribution in [-0.4, -0.2) is 4.98 Å². The van der Waals surface area contributed by atoms with E-state index in [2.05, 4.69) is 0 Å². The second-order valence-corrected chi connectivity index (χ2v) is 10.2. The van der Waals surface area contributed by atoms with Crippen molar-refractivity contribution in [3.63, 3.8) is 0 Å². The lowest BCUT2D eigenvalue weighted by Crippen LogP contribution is -2.09. The minimum absolute atomic E-state index is 0.0270. The number of fused-ring (bicyclic) bond motifs is 6. The van der Waals surface area contributed by atoms with Crippen LogP contribution in [0.2, 0.25) is 0 Å². The fraction of sp³-hybridized carbons (Fsp3) is 0. The highest BCUT2D eigenvalue weighted by Gasteiger charge is 2.21. The number of nitrogens with zero attached hydrogens (tertiary/aromatic N) is 2. The maximum atomic E-state index is 9.26. The molecule has 212 valence electrons. The second kappa shape index (κ2) is 10.2. The molecule has 0 spiro atoms. The smallest absolute Gasteiger partial charge is 0.228 e. The molecule has 0 amide bonds. The molecule has 0 fully saturated rings. The lowest BCUT2D eigenvalue weighted by atomic mass is 10.00. The van der Waals surface area contributed by atoms with Crippen LogP contribution in [0, 0.1) is 0 Å². The Balaban J connectivity index is 1.35. The molecule has 0 unspecified atom stereocenters. The largest absolute Gasteiger partial charge is 0.455 e. The molecule has 4 heteroatoms. The zero-order chi connectivity index (χ0) is 41.9. The number of hydrogen-bond donors (Lipinski definition) is 0. The number of aromatic nitrogens is 1. The number of rotatable bonds is 5. The van der Waals surface area contributed by atoms with Crippen LogP contribution in [0.4, 0.5) is 17.1 Å². The number of hydrogen-bond acceptors (Lipinski definition) is 4. The fourth-order valence-electron chi connectivity index (χ4n) is 5.54. The van der Waals surface area contributed by atoms with E-state index in [1.165, 1.54) is 12.1 Å². The Hall–Kier alpha value is -6.13. The van der Waals surface area contributed by atoms with E-state index in [4.69, 9.17) is 30.3 Å². The van der Waals surface area contributed by atoms with Crippen molar-refractivity contribution in [2.45, 2.75) is 0 Å². The molecule has 0 saturated carbocycles. The lowest BCUT2D eigenvalue weighted by Gasteiger charge is -2.25. The fourth-order valence-corrected chi connectivity index (χ4v) is 5.54. The van der Waals surface area contributed by atoms with E-state index in [0.717, 1.165) is 15.7 Å². The van der Waals surface area contributed by atoms with Crippen LogP contribution in [0.15, 0.2) is 166 Å². The highest BCUT2D eigenvalue weighted by molar-refractivity contribution is 6.21. The standard InChI is InChI=1S/C41H26N2O2/c1-3-11-27(12-4-1)28-19-21-31(22-20-28)43(30-14-5-2-6-15-30)32-23-24-34-38(26-32)44-40-33-16-8-7-13-29(33)25-35(39(34)40)41-42-36-17-9-10-18-37(36)45-41/h1-26H/i1D,2D,3D,4D,5D,6D,11D,12D,14D,15D,19D,20D,21D,22D. The summed E-state index contributed by atoms with van der Waals surface area (Å²) in [5.74, 6) is 0.331. The molecule has 0 aliphatic carbocycles. The van der Waals surface area contributed by atoms with Gasteiger partial charge in [-0.15, -0.1) is 0 Å². The first kappa shape index (κ1) is 15.0. The number of para-hydroxylation sites is 3. The average Bonchev–Trinajstić information content (AvgIpc) is 3.85. The molecule has 0 radical (unpaired) electrons. The van der Waals surface area contributed by atoms with E-state index >= 15 is 0 Å². The van der Waals surface area contributed by atoms with Crippen LogP contribution in [0.5, 0.6) is 0 Å². The van der Waals surface area contributed by atoms with E-state index in [1.807, 2.05) is 48.5 Å². The first-order valence-electron chi connectivity index (χ1n) is 20.9. The number of anilines is 3. The molecule has 7 aromatic carbocycles. The number of furan rings is 1. The Morgan fingerprint density at radius 2 is 1.27 bits per heavy atom. The van der Waals surface area contributed by atoms with Crippen molar-refractivity contribution in [2.75, 3.05) is 4.90 Å². The minimum Gasteiger partial charge on any atom is -0.455 e. The molecule has 0 aliphatic heterocycles. The number of oxazole rings is 1. The van der Waals surface area contributed by atoms with Gasteiger partial charge >= 0.3 is 0 Å². The molecular formula is C41H26N2O2. The zero-order valence-electron chi connectivity index (χ0n) is 37.1. The van der Waals surface area contributed by atoms with Gasteiger partial charge in [0.15, 0.2) is 5.58 Å². The minimum atomic E-state index is -0.795. The molecule has 2 aromatic heterocycles. The molecule has 4 nitrogen and oxygen atoms in total. The summed E-state index contributed by atoms with van der Waals surface area (Å²) in [6.45, 7) is 0. The molecule has 0 N–H and O–H groups in total. The first-order chi connectivity index (χ1) is 28.1. The third kappa shape index (κ3) is 4.27. The van der Waals surface area contributed by atoms with Gasteiger partial charge in [0.25, 0.3) is 0 Å². The van der Waals surface area contributed by atoms with Crippen molar-refractivity contribution in [3.05, 3.63) is 157 Å². The van der Waals surface area contributed by atoms with Crippen molar-refractivity contribution < 1.29 is 28.0 Å². The molecule has 0 saturated heterocycles. The summed E-state index contributed by atoms with van der Waals surface area (Å²) in [7, 11) is 0. The second-order valence-electron chi connectivity index (χ2n) is 10.2. The molecule has 2 heterocycles. The third-order valence-electron chi connectivity index (χ3n) is 7.53. The summed E-state index contributed by atoms with van der Waals surface area (Å²) in [5, 5.41) is 2.78. The lowest BCUT2D eigenvalue weighted by molar-refractivity contribution is 0.620. The van der Waals surface area contributed by atoms with Gasteiger partial charge < -0.3 is 13.7 Å². The van der Waals surface area contributed by atoms with Crippen LogP contribution in [0.1, 0.15) is 19.2 Å². The normalized spacial score (nSPS) is 15.9. The monoisotopic (exact) mass is 592 g/mol. The van der Waals surface area contributed by atoms with E-state index < -0.39 is 107 Å². The van der Waals surface area contributed by atoms with Gasteiger partial charge in [0.2, 0.25) is 5.89 Å². The van der Waals surface area contributed by atoms with Gasteiger partial charge in [-0.25, -0.2) is 4.98 Å². The summed E-state index contributed by atoms with van der Waals surface area (Å²) in [4.78, 5) is 5.77. The summed E-state index contributed by atoms with van der Waals surface area (Å²) < 4.78 is 134. The van der Waals surface area contributed by atoms with E-state index in [1.54, 1.807) is 12.1 Å². The maximum Gasteiger partial charge on any atom is 0.228 e. The third-order valence-corrected chi connectivity index (χ3v) is 7.53. The average molecular weight is 593 g/mol. The molecule has 0 atom stereocenters. The summed E-state index contributed by atoms with van der Waals surface area (Å²) in [6, 6.07) is 11.1. The Bertz CT molecular complexity index is 3190. The van der Waals surface area contributed by atoms with Gasteiger partial charge in [0, 0.05) is 44.9 Å². The van der Waals surface area contributed by atoms with Crippen LogP contribution < -0.4 is 4.90 Å². The van der Waals surface area contributed by atoms with Crippen molar-refractivity contribution in [1.82, 2.24) is 4.98 Å². The molecular weight excluding hydrogens is 552 g/mol. The van der Waals surface area contributed by atoms with Crippen LogP contribution in [0.3, 0.4) is 0 Å². The van der Waals surface area contributed by atoms with E-state index in [9.17, 15) is 2.74 Å². The first-order valence-corrected chi connectivity index (χ1v) is 13.9. The Labute approximate surface area is 279 Å². The van der Waals surface area contributed by atoms with Gasteiger partial charge in [0.05, 0.1) is 19.2 Å². The van der Waals surface area contributed by atoms with Crippen molar-refractivity contribution in [2.24, 2.45) is 0 Å². The maximum absolute atomic E-state index is 9.26. The van der Waals surface area contributed by atoms with Gasteiger partial charge in [-0.05, 0) is 71.0 Å². The van der Waals surface area contributed by atoms with Crippen molar-refractivity contribution in [1.29, 1.82) is 0 Å². The number of benzene rings is 7. The Kier molecular flexibility index (Phi) is 3.43. The summed E-state index contributed by atoms with van der Waals surface area (Å²) in [5.41, 5.74) is 0.404. The van der Waals surface area contributed by atoms with E-state index in [0.29, 0.717) is 38.9 Å². The quantitative estimate of drug-likeness (QED) is 0.199. The van der Waals surface area contributed by atoms with Crippen molar-refractivity contribution >= 4 is 60.9 Å². The van der Waals surface area contributed by atoms with Crippen LogP contribution >= 0.6 is 0 Å². The van der Waals surface area contributed by atoms with Gasteiger partial charge in [-0.3, -0.25) is 0 Å². The summed E-state index contributed by atoms with van der Waals surface area (Å²) >= 11 is 0.